The zero-order chi connectivity index (χ0) is 26.7. The Morgan fingerprint density at radius 1 is 0.718 bits per heavy atom. The van der Waals surface area contributed by atoms with Gasteiger partial charge in [0.25, 0.3) is 0 Å². The average Bonchev–Trinajstić information content (AvgIpc) is 3.19. The third-order valence-electron chi connectivity index (χ3n) is 7.91. The lowest BCUT2D eigenvalue weighted by molar-refractivity contribution is 0.458. The van der Waals surface area contributed by atoms with E-state index in [0.29, 0.717) is 28.0 Å². The van der Waals surface area contributed by atoms with Crippen molar-refractivity contribution in [3.05, 3.63) is 120 Å². The largest absolute Gasteiger partial charge is 0.507 e. The van der Waals surface area contributed by atoms with Crippen molar-refractivity contribution in [2.45, 2.75) is 19.3 Å². The Hall–Kier alpha value is -4.96. The molecule has 188 valence electrons. The summed E-state index contributed by atoms with van der Waals surface area (Å²) in [6.45, 7) is 4.32. The highest BCUT2D eigenvalue weighted by Crippen LogP contribution is 2.54. The van der Waals surface area contributed by atoms with E-state index in [1.165, 1.54) is 5.56 Å². The maximum Gasteiger partial charge on any atom is 0.129 e. The van der Waals surface area contributed by atoms with E-state index in [0.717, 1.165) is 32.8 Å². The first-order valence-electron chi connectivity index (χ1n) is 13.0. The molecule has 1 aromatic heterocycles. The molecule has 0 atom stereocenters. The molecule has 1 aliphatic rings. The molecule has 2 N–H and O–H groups in total. The van der Waals surface area contributed by atoms with Gasteiger partial charge in [-0.3, -0.25) is 4.99 Å². The fourth-order valence-electron chi connectivity index (χ4n) is 6.07. The van der Waals surface area contributed by atoms with Gasteiger partial charge in [0.2, 0.25) is 0 Å². The number of fused-ring (bicyclic) bond motifs is 5. The SMILES string of the molecule is CC1(C)c2ccccc2-c2ccc(-c3nc(C=Nc4cccc5cccc(O)c45)cc4ccccc34)c(O)c21. The maximum atomic E-state index is 11.8. The number of phenolic OH excluding ortho intramolecular Hbond substituents is 2. The van der Waals surface area contributed by atoms with Crippen LogP contribution in [-0.4, -0.2) is 21.4 Å². The van der Waals surface area contributed by atoms with Crippen LogP contribution in [0.2, 0.25) is 0 Å². The van der Waals surface area contributed by atoms with Crippen LogP contribution in [0.3, 0.4) is 0 Å². The van der Waals surface area contributed by atoms with Gasteiger partial charge in [0.05, 0.1) is 23.3 Å². The zero-order valence-electron chi connectivity index (χ0n) is 21.7. The molecule has 0 radical (unpaired) electrons. The van der Waals surface area contributed by atoms with Gasteiger partial charge in [-0.2, -0.15) is 0 Å². The van der Waals surface area contributed by atoms with Crippen LogP contribution in [0, 0.1) is 0 Å². The van der Waals surface area contributed by atoms with Crippen molar-refractivity contribution in [3.63, 3.8) is 0 Å². The van der Waals surface area contributed by atoms with Gasteiger partial charge in [-0.1, -0.05) is 92.7 Å². The van der Waals surface area contributed by atoms with Gasteiger partial charge in [0, 0.05) is 27.3 Å². The Labute approximate surface area is 226 Å². The standard InChI is InChI=1S/C35H26N2O2/c1-35(2)28-14-6-5-13-25(28)26-17-18-27(34(39)32(26)35)33-24-12-4-3-9-22(24)19-23(37-33)20-36-29-15-7-10-21-11-8-16-30(38)31(21)29/h3-20,38-39H,1-2H3. The van der Waals surface area contributed by atoms with Crippen LogP contribution in [0.15, 0.2) is 108 Å². The van der Waals surface area contributed by atoms with Crippen LogP contribution in [0.1, 0.15) is 30.7 Å². The molecule has 6 aromatic rings. The molecule has 0 aliphatic heterocycles. The molecular weight excluding hydrogens is 480 g/mol. The predicted molar refractivity (Wildman–Crippen MR) is 159 cm³/mol. The van der Waals surface area contributed by atoms with Gasteiger partial charge in [0.1, 0.15) is 11.5 Å². The maximum absolute atomic E-state index is 11.8. The second-order valence-corrected chi connectivity index (χ2v) is 10.6. The normalized spacial score (nSPS) is 13.7. The lowest BCUT2D eigenvalue weighted by Gasteiger charge is -2.23. The van der Waals surface area contributed by atoms with E-state index in [-0.39, 0.29) is 16.9 Å². The van der Waals surface area contributed by atoms with E-state index >= 15 is 0 Å². The summed E-state index contributed by atoms with van der Waals surface area (Å²) in [6.07, 6.45) is 1.72. The van der Waals surface area contributed by atoms with Gasteiger partial charge in [0.15, 0.2) is 0 Å². The second-order valence-electron chi connectivity index (χ2n) is 10.6. The molecule has 0 fully saturated rings. The van der Waals surface area contributed by atoms with E-state index in [1.54, 1.807) is 12.3 Å². The Bertz CT molecular complexity index is 1970. The minimum Gasteiger partial charge on any atom is -0.507 e. The van der Waals surface area contributed by atoms with Crippen molar-refractivity contribution in [3.8, 4) is 33.9 Å². The number of nitrogens with zero attached hydrogens (tertiary/aromatic N) is 2. The van der Waals surface area contributed by atoms with Crippen molar-refractivity contribution in [2.24, 2.45) is 4.99 Å². The number of phenols is 2. The van der Waals surface area contributed by atoms with E-state index in [1.807, 2.05) is 72.8 Å². The molecule has 0 spiro atoms. The molecule has 4 heteroatoms. The first-order valence-corrected chi connectivity index (χ1v) is 13.0. The van der Waals surface area contributed by atoms with Gasteiger partial charge >= 0.3 is 0 Å². The third kappa shape index (κ3) is 3.52. The number of aliphatic imine (C=N–C) groups is 1. The number of aromatic nitrogens is 1. The second kappa shape index (κ2) is 8.53. The molecule has 0 saturated heterocycles. The number of pyridine rings is 1. The molecule has 7 rings (SSSR count). The Morgan fingerprint density at radius 3 is 2.31 bits per heavy atom. The van der Waals surface area contributed by atoms with Crippen molar-refractivity contribution < 1.29 is 10.2 Å². The monoisotopic (exact) mass is 506 g/mol. The first kappa shape index (κ1) is 23.2. The predicted octanol–water partition coefficient (Wildman–Crippen LogP) is 8.52. The van der Waals surface area contributed by atoms with Crippen LogP contribution in [0.4, 0.5) is 5.69 Å². The quantitative estimate of drug-likeness (QED) is 0.236. The molecule has 5 aromatic carbocycles. The molecule has 1 aliphatic carbocycles. The van der Waals surface area contributed by atoms with Crippen LogP contribution in [0.25, 0.3) is 43.9 Å². The highest BCUT2D eigenvalue weighted by Gasteiger charge is 2.38. The summed E-state index contributed by atoms with van der Waals surface area (Å²) in [5.41, 5.74) is 6.77. The lowest BCUT2D eigenvalue weighted by Crippen LogP contribution is -2.15. The van der Waals surface area contributed by atoms with E-state index in [9.17, 15) is 10.2 Å². The fourth-order valence-corrected chi connectivity index (χ4v) is 6.07. The average molecular weight is 507 g/mol. The molecule has 4 nitrogen and oxygen atoms in total. The van der Waals surface area contributed by atoms with E-state index < -0.39 is 0 Å². The Kier molecular flexibility index (Phi) is 5.07. The van der Waals surface area contributed by atoms with Crippen LogP contribution in [-0.2, 0) is 5.41 Å². The molecule has 39 heavy (non-hydrogen) atoms. The lowest BCUT2D eigenvalue weighted by atomic mass is 9.81. The van der Waals surface area contributed by atoms with E-state index in [4.69, 9.17) is 9.98 Å². The summed E-state index contributed by atoms with van der Waals surface area (Å²) in [5, 5.41) is 25.8. The number of hydrogen-bond acceptors (Lipinski definition) is 4. The van der Waals surface area contributed by atoms with Crippen LogP contribution >= 0.6 is 0 Å². The molecule has 0 unspecified atom stereocenters. The number of hydrogen-bond donors (Lipinski definition) is 2. The molecule has 0 saturated carbocycles. The van der Waals surface area contributed by atoms with Gasteiger partial charge < -0.3 is 10.2 Å². The van der Waals surface area contributed by atoms with Crippen molar-refractivity contribution in [2.75, 3.05) is 0 Å². The molecule has 1 heterocycles. The minimum absolute atomic E-state index is 0.194. The Balaban J connectivity index is 1.40. The third-order valence-corrected chi connectivity index (χ3v) is 7.91. The summed E-state index contributed by atoms with van der Waals surface area (Å²) < 4.78 is 0. The summed E-state index contributed by atoms with van der Waals surface area (Å²) >= 11 is 0. The summed E-state index contributed by atoms with van der Waals surface area (Å²) in [7, 11) is 0. The highest BCUT2D eigenvalue weighted by atomic mass is 16.3. The smallest absolute Gasteiger partial charge is 0.129 e. The van der Waals surface area contributed by atoms with E-state index in [2.05, 4.69) is 38.1 Å². The van der Waals surface area contributed by atoms with Crippen LogP contribution < -0.4 is 0 Å². The highest BCUT2D eigenvalue weighted by molar-refractivity contribution is 6.02. The topological polar surface area (TPSA) is 65.7 Å². The number of aromatic hydroxyl groups is 2. The van der Waals surface area contributed by atoms with Crippen LogP contribution in [0.5, 0.6) is 11.5 Å². The number of rotatable bonds is 3. The zero-order valence-corrected chi connectivity index (χ0v) is 21.7. The van der Waals surface area contributed by atoms with Crippen molar-refractivity contribution in [1.29, 1.82) is 0 Å². The van der Waals surface area contributed by atoms with Gasteiger partial charge in [-0.05, 0) is 51.7 Å². The van der Waals surface area contributed by atoms with Crippen molar-refractivity contribution in [1.82, 2.24) is 4.98 Å². The number of benzene rings is 5. The van der Waals surface area contributed by atoms with Crippen molar-refractivity contribution >= 4 is 33.4 Å². The summed E-state index contributed by atoms with van der Waals surface area (Å²) in [5.74, 6) is 0.457. The first-order chi connectivity index (χ1) is 18.9. The van der Waals surface area contributed by atoms with Gasteiger partial charge in [-0.25, -0.2) is 4.98 Å². The summed E-state index contributed by atoms with van der Waals surface area (Å²) in [4.78, 5) is 9.73. The fraction of sp³-hybridized carbons (Fsp3) is 0.0857. The Morgan fingerprint density at radius 2 is 1.44 bits per heavy atom. The minimum atomic E-state index is -0.336. The molecule has 0 bridgehead atoms. The molecule has 0 amide bonds. The summed E-state index contributed by atoms with van der Waals surface area (Å²) in [6, 6.07) is 33.7. The van der Waals surface area contributed by atoms with Gasteiger partial charge in [-0.15, -0.1) is 0 Å². The molecular formula is C35H26N2O2.